The summed E-state index contributed by atoms with van der Waals surface area (Å²) >= 11 is 0. The molecule has 0 fully saturated rings. The summed E-state index contributed by atoms with van der Waals surface area (Å²) in [5, 5.41) is 0. The Morgan fingerprint density at radius 3 is 1.39 bits per heavy atom. The molecule has 116 heavy (non-hydrogen) atoms. The van der Waals surface area contributed by atoms with Crippen molar-refractivity contribution in [1.29, 1.82) is 0 Å². The number of aryl methyl sites for hydroxylation is 7. The van der Waals surface area contributed by atoms with E-state index in [0.29, 0.717) is 5.92 Å². The molecule has 6 aromatic heterocycles. The minimum Gasteiger partial charge on any atom is -0.307 e. The Balaban J connectivity index is 0.000000172. The summed E-state index contributed by atoms with van der Waals surface area (Å²) in [4.78, 5) is 22.5. The van der Waals surface area contributed by atoms with Gasteiger partial charge in [-0.05, 0) is 143 Å². The van der Waals surface area contributed by atoms with E-state index in [9.17, 15) is 0 Å². The van der Waals surface area contributed by atoms with Gasteiger partial charge in [-0.25, -0.2) is 11.1 Å². The van der Waals surface area contributed by atoms with Crippen LogP contribution in [-0.2, 0) is 105 Å². The predicted molar refractivity (Wildman–Crippen MR) is 461 cm³/mol. The molecule has 17 rings (SSSR count). The van der Waals surface area contributed by atoms with Gasteiger partial charge in [-0.2, -0.15) is 72.3 Å². The van der Waals surface area contributed by atoms with Crippen molar-refractivity contribution in [3.63, 3.8) is 0 Å². The molecule has 0 atom stereocenters. The van der Waals surface area contributed by atoms with Crippen LogP contribution >= 0.6 is 0 Å². The van der Waals surface area contributed by atoms with Gasteiger partial charge in [0, 0.05) is 96.5 Å². The maximum Gasteiger partial charge on any atom is 0.150 e. The topological polar surface area (TPSA) is 68.3 Å². The summed E-state index contributed by atoms with van der Waals surface area (Å²) < 4.78 is 1.99. The first-order chi connectivity index (χ1) is 55.8. The molecule has 9 heteroatoms. The Bertz CT molecular complexity index is 5550. The number of benzene rings is 11. The Kier molecular flexibility index (Phi) is 34.8. The molecule has 0 saturated heterocycles. The molecule has 0 aliphatic carbocycles. The van der Waals surface area contributed by atoms with Crippen LogP contribution < -0.4 is 4.57 Å². The second-order valence-corrected chi connectivity index (χ2v) is 27.6. The minimum absolute atomic E-state index is 0. The van der Waals surface area contributed by atoms with Crippen molar-refractivity contribution >= 4 is 0 Å². The van der Waals surface area contributed by atoms with Gasteiger partial charge in [-0.15, -0.1) is 203 Å². The van der Waals surface area contributed by atoms with Gasteiger partial charge < -0.3 is 29.5 Å². The molecule has 6 heterocycles. The fourth-order valence-electron chi connectivity index (χ4n) is 13.0. The van der Waals surface area contributed by atoms with Crippen molar-refractivity contribution in [3.05, 3.63) is 476 Å². The van der Waals surface area contributed by atoms with Crippen molar-refractivity contribution in [2.24, 2.45) is 5.92 Å². The zero-order chi connectivity index (χ0) is 77.3. The zero-order valence-corrected chi connectivity index (χ0v) is 72.2. The molecular formula is C107H86Ir3N6-8. The van der Waals surface area contributed by atoms with Gasteiger partial charge in [0.2, 0.25) is 0 Å². The SMILES string of the molecule is CC(C)Cc1cccc(-c2[c-]cccc2)n1.Cc1ccccc1-c1ccc(-c2[c-]cccc2)nc1.[Ir].[Ir].[Ir].[c-]1ccc(-c2ccccc2)cc1-c1ccccn1.[c-]1ccccc1-c1[c-]cc(CCc2cc(CCc3cc[c-]c(-[n+]4[c-]cccc4)c3)ccc2CCc2ccc(-c3[c-]cccc3)nc2)cc1.[c-]1ccccc1-c1ccccn1. The van der Waals surface area contributed by atoms with Crippen LogP contribution in [0.4, 0.5) is 0 Å². The third-order valence-electron chi connectivity index (χ3n) is 18.9. The number of hydrogen-bond donors (Lipinski definition) is 0. The second kappa shape index (κ2) is 46.6. The van der Waals surface area contributed by atoms with Gasteiger partial charge >= 0.3 is 0 Å². The third-order valence-corrected chi connectivity index (χ3v) is 18.9. The summed E-state index contributed by atoms with van der Waals surface area (Å²) in [6.45, 7) is 6.54. The van der Waals surface area contributed by atoms with Gasteiger partial charge in [-0.3, -0.25) is 0 Å². The van der Waals surface area contributed by atoms with E-state index in [-0.39, 0.29) is 60.3 Å². The first kappa shape index (κ1) is 86.7. The molecule has 0 N–H and O–H groups in total. The molecular weight excluding hydrogens is 1950 g/mol. The van der Waals surface area contributed by atoms with Crippen molar-refractivity contribution in [2.45, 2.75) is 65.7 Å². The fraction of sp³-hybridized carbons (Fsp3) is 0.103. The monoisotopic (exact) mass is 2030 g/mol. The van der Waals surface area contributed by atoms with Crippen LogP contribution in [0.1, 0.15) is 58.5 Å². The molecule has 0 amide bonds. The molecule has 3 radical (unpaired) electrons. The van der Waals surface area contributed by atoms with Crippen LogP contribution in [0.3, 0.4) is 0 Å². The van der Waals surface area contributed by atoms with Crippen LogP contribution in [0.5, 0.6) is 0 Å². The van der Waals surface area contributed by atoms with Crippen LogP contribution in [0.15, 0.2) is 377 Å². The van der Waals surface area contributed by atoms with Gasteiger partial charge in [0.15, 0.2) is 0 Å². The molecule has 11 aromatic carbocycles. The van der Waals surface area contributed by atoms with Gasteiger partial charge in [-0.1, -0.05) is 166 Å². The third kappa shape index (κ3) is 26.4. The predicted octanol–water partition coefficient (Wildman–Crippen LogP) is 24.1. The molecule has 0 unspecified atom stereocenters. The first-order valence-electron chi connectivity index (χ1n) is 38.5. The maximum absolute atomic E-state index is 4.74. The maximum atomic E-state index is 4.74. The zero-order valence-electron chi connectivity index (χ0n) is 65.0. The average molecular weight is 2030 g/mol. The van der Waals surface area contributed by atoms with Crippen LogP contribution in [0, 0.1) is 67.6 Å². The van der Waals surface area contributed by atoms with Gasteiger partial charge in [0.1, 0.15) is 6.20 Å². The smallest absolute Gasteiger partial charge is 0.150 e. The van der Waals surface area contributed by atoms with Crippen LogP contribution in [0.2, 0.25) is 0 Å². The van der Waals surface area contributed by atoms with E-state index in [0.717, 1.165) is 129 Å². The van der Waals surface area contributed by atoms with Gasteiger partial charge in [0.05, 0.1) is 6.20 Å². The standard InChI is InChI=1S/C46H36N2.C18H14N.C17H12N.C15H16N.C11H8N.3Ir/c1-4-12-40(13-5-1)41-25-19-36(20-26-41)21-29-44-33-38(18-17-37-11-10-16-45(34-37)48-31-8-3-9-32-48)22-27-42(44)28-23-39-24-30-46(47-35-39)43-14-6-2-7-15-43;1-14-7-5-6-10-17(14)16-11-12-18(19-13-16)15-8-3-2-4-9-15;1-2-7-14(8-3-1)15-9-6-10-16(13-15)17-11-4-5-12-18-17;1-12(2)11-14-9-6-10-15(16-14)13-7-4-3-5-8-13;1-2-6-10(7-3-1)11-8-4-5-9-12-11;;;/h1-12,14,19-20,22,24-25,27,30-31,33-35H,17-18,21,23,28-29H2;2-8,10-13H,1H3;1-9,11-13H;3-7,9-10,12H,11H2,1-2H3;1-6,8-9H;;;/q-4;4*-1;;;. The molecule has 0 spiro atoms. The fourth-order valence-corrected chi connectivity index (χ4v) is 13.0. The molecule has 17 aromatic rings. The van der Waals surface area contributed by atoms with Crippen molar-refractivity contribution in [2.75, 3.05) is 0 Å². The quantitative estimate of drug-likeness (QED) is 0.0562. The number of aromatic nitrogens is 6. The van der Waals surface area contributed by atoms with E-state index < -0.39 is 0 Å². The Morgan fingerprint density at radius 1 is 0.310 bits per heavy atom. The number of nitrogens with zero attached hydrogens (tertiary/aromatic N) is 6. The van der Waals surface area contributed by atoms with E-state index >= 15 is 0 Å². The number of hydrogen-bond acceptors (Lipinski definition) is 5. The van der Waals surface area contributed by atoms with Crippen molar-refractivity contribution < 1.29 is 64.9 Å². The molecule has 0 bridgehead atoms. The Labute approximate surface area is 726 Å². The Hall–Kier alpha value is -11.7. The van der Waals surface area contributed by atoms with Crippen molar-refractivity contribution in [3.8, 4) is 95.4 Å². The van der Waals surface area contributed by atoms with Crippen molar-refractivity contribution in [1.82, 2.24) is 24.9 Å². The molecule has 0 saturated carbocycles. The second-order valence-electron chi connectivity index (χ2n) is 27.6. The Morgan fingerprint density at radius 2 is 0.819 bits per heavy atom. The average Bonchev–Trinajstić information content (AvgIpc) is 0.884. The molecule has 579 valence electrons. The minimum atomic E-state index is 0. The number of pyridine rings is 6. The summed E-state index contributed by atoms with van der Waals surface area (Å²) in [7, 11) is 0. The van der Waals surface area contributed by atoms with E-state index in [1.54, 1.807) is 12.4 Å². The molecule has 0 aliphatic heterocycles. The van der Waals surface area contributed by atoms with Gasteiger partial charge in [0.25, 0.3) is 0 Å². The number of rotatable bonds is 20. The summed E-state index contributed by atoms with van der Waals surface area (Å²) in [6, 6.07) is 143. The molecule has 6 nitrogen and oxygen atoms in total. The normalized spacial score (nSPS) is 10.3. The van der Waals surface area contributed by atoms with E-state index in [4.69, 9.17) is 4.98 Å². The van der Waals surface area contributed by atoms with E-state index in [2.05, 4.69) is 235 Å². The van der Waals surface area contributed by atoms with E-state index in [1.807, 2.05) is 229 Å². The van der Waals surface area contributed by atoms with Crippen LogP contribution in [0.25, 0.3) is 95.4 Å². The van der Waals surface area contributed by atoms with Crippen LogP contribution in [-0.4, -0.2) is 24.9 Å². The summed E-state index contributed by atoms with van der Waals surface area (Å²) in [5.74, 6) is 0.641. The summed E-state index contributed by atoms with van der Waals surface area (Å²) in [5.41, 5.74) is 28.5. The molecule has 0 aliphatic rings. The summed E-state index contributed by atoms with van der Waals surface area (Å²) in [6.07, 6.45) is 19.7. The largest absolute Gasteiger partial charge is 0.307 e. The first-order valence-corrected chi connectivity index (χ1v) is 38.5. The van der Waals surface area contributed by atoms with E-state index in [1.165, 1.54) is 55.6 Å².